The van der Waals surface area contributed by atoms with Crippen molar-refractivity contribution >= 4 is 5.97 Å². The number of hydrogen-bond donors (Lipinski definition) is 1. The summed E-state index contributed by atoms with van der Waals surface area (Å²) in [5, 5.41) is 1.69. The smallest absolute Gasteiger partial charge is 0.310 e. The van der Waals surface area contributed by atoms with Crippen molar-refractivity contribution in [2.24, 2.45) is 11.8 Å². The van der Waals surface area contributed by atoms with E-state index in [0.29, 0.717) is 13.2 Å². The van der Waals surface area contributed by atoms with Crippen molar-refractivity contribution in [1.29, 1.82) is 0 Å². The molecule has 1 aliphatic heterocycles. The minimum atomic E-state index is -0.104. The highest BCUT2D eigenvalue weighted by molar-refractivity contribution is 5.72. The van der Waals surface area contributed by atoms with Gasteiger partial charge in [0.25, 0.3) is 0 Å². The van der Waals surface area contributed by atoms with Gasteiger partial charge in [-0.3, -0.25) is 10.6 Å². The molecule has 0 spiro atoms. The molecule has 1 rings (SSSR count). The van der Waals surface area contributed by atoms with Gasteiger partial charge < -0.3 is 4.74 Å². The van der Waals surface area contributed by atoms with Crippen LogP contribution in [0.1, 0.15) is 19.8 Å². The summed E-state index contributed by atoms with van der Waals surface area (Å²) in [6.07, 6.45) is 1.90. The molecule has 1 heterocycles. The van der Waals surface area contributed by atoms with E-state index in [1.807, 2.05) is 6.92 Å². The fraction of sp³-hybridized carbons (Fsp3) is 0.875. The Bertz CT molecular complexity index is 161. The zero-order valence-electron chi connectivity index (χ0n) is 7.45. The van der Waals surface area contributed by atoms with E-state index in [4.69, 9.17) is 10.6 Å². The Morgan fingerprint density at radius 1 is 1.75 bits per heavy atom. The van der Waals surface area contributed by atoms with Crippen molar-refractivity contribution in [2.45, 2.75) is 19.8 Å². The summed E-state index contributed by atoms with van der Waals surface area (Å²) < 4.78 is 4.91. The van der Waals surface area contributed by atoms with Crippen LogP contribution in [0.25, 0.3) is 0 Å². The quantitative estimate of drug-likeness (QED) is 0.475. The van der Waals surface area contributed by atoms with E-state index in [0.717, 1.165) is 19.4 Å². The second-order valence-corrected chi connectivity index (χ2v) is 3.09. The van der Waals surface area contributed by atoms with Crippen LogP contribution in [-0.2, 0) is 9.53 Å². The van der Waals surface area contributed by atoms with Crippen LogP contribution in [0, 0.1) is 5.92 Å². The van der Waals surface area contributed by atoms with Crippen LogP contribution >= 0.6 is 0 Å². The van der Waals surface area contributed by atoms with Gasteiger partial charge in [-0.2, -0.15) is 0 Å². The number of piperidine rings is 1. The number of nitrogens with two attached hydrogens (primary N) is 1. The van der Waals surface area contributed by atoms with E-state index in [-0.39, 0.29) is 11.9 Å². The lowest BCUT2D eigenvalue weighted by atomic mass is 10.00. The molecule has 0 aliphatic carbocycles. The molecule has 0 radical (unpaired) electrons. The third-order valence-electron chi connectivity index (χ3n) is 2.07. The molecule has 0 aromatic rings. The highest BCUT2D eigenvalue weighted by atomic mass is 16.5. The van der Waals surface area contributed by atoms with E-state index in [1.54, 1.807) is 5.01 Å². The fourth-order valence-electron chi connectivity index (χ4n) is 1.46. The van der Waals surface area contributed by atoms with Crippen LogP contribution in [0.4, 0.5) is 0 Å². The molecule has 1 atom stereocenters. The molecule has 2 N–H and O–H groups in total. The van der Waals surface area contributed by atoms with Crippen molar-refractivity contribution in [3.8, 4) is 0 Å². The first-order valence-electron chi connectivity index (χ1n) is 4.40. The van der Waals surface area contributed by atoms with E-state index in [2.05, 4.69) is 0 Å². The maximum absolute atomic E-state index is 11.2. The van der Waals surface area contributed by atoms with Gasteiger partial charge in [0, 0.05) is 13.1 Å². The van der Waals surface area contributed by atoms with E-state index in [1.165, 1.54) is 0 Å². The standard InChI is InChI=1S/C8H16N2O2/c1-2-12-8(11)7-4-3-5-10(9)6-7/h7H,2-6,9H2,1H3/t7-/m0/s1. The summed E-state index contributed by atoms with van der Waals surface area (Å²) in [7, 11) is 0. The van der Waals surface area contributed by atoms with Crippen LogP contribution in [0.2, 0.25) is 0 Å². The highest BCUT2D eigenvalue weighted by Crippen LogP contribution is 2.15. The number of carbonyl (C=O) groups excluding carboxylic acids is 1. The summed E-state index contributed by atoms with van der Waals surface area (Å²) in [5.41, 5.74) is 0. The lowest BCUT2D eigenvalue weighted by molar-refractivity contribution is -0.149. The Labute approximate surface area is 72.6 Å². The molecular weight excluding hydrogens is 156 g/mol. The molecule has 70 valence electrons. The van der Waals surface area contributed by atoms with Gasteiger partial charge in [0.15, 0.2) is 0 Å². The number of hydrazine groups is 1. The number of rotatable bonds is 2. The molecule has 0 aromatic carbocycles. The average Bonchev–Trinajstić information content (AvgIpc) is 2.05. The van der Waals surface area contributed by atoms with Gasteiger partial charge in [-0.15, -0.1) is 0 Å². The molecule has 0 unspecified atom stereocenters. The van der Waals surface area contributed by atoms with Gasteiger partial charge in [0.05, 0.1) is 12.5 Å². The van der Waals surface area contributed by atoms with Gasteiger partial charge in [-0.25, -0.2) is 5.01 Å². The molecule has 0 aromatic heterocycles. The maximum Gasteiger partial charge on any atom is 0.310 e. The van der Waals surface area contributed by atoms with Gasteiger partial charge in [0.2, 0.25) is 0 Å². The summed E-state index contributed by atoms with van der Waals surface area (Å²) in [4.78, 5) is 11.2. The molecule has 1 saturated heterocycles. The largest absolute Gasteiger partial charge is 0.466 e. The third-order valence-corrected chi connectivity index (χ3v) is 2.07. The van der Waals surface area contributed by atoms with Crippen LogP contribution in [0.3, 0.4) is 0 Å². The molecule has 0 bridgehead atoms. The van der Waals surface area contributed by atoms with Crippen molar-refractivity contribution in [2.75, 3.05) is 19.7 Å². The minimum absolute atomic E-state index is 0.0105. The van der Waals surface area contributed by atoms with Gasteiger partial charge in [-0.05, 0) is 19.8 Å². The van der Waals surface area contributed by atoms with Gasteiger partial charge in [-0.1, -0.05) is 0 Å². The van der Waals surface area contributed by atoms with Crippen molar-refractivity contribution in [1.82, 2.24) is 5.01 Å². The SMILES string of the molecule is CCOC(=O)[C@H]1CCCN(N)C1. The number of ether oxygens (including phenoxy) is 1. The fourth-order valence-corrected chi connectivity index (χ4v) is 1.46. The van der Waals surface area contributed by atoms with Crippen LogP contribution in [0.15, 0.2) is 0 Å². The topological polar surface area (TPSA) is 55.6 Å². The molecular formula is C8H16N2O2. The second kappa shape index (κ2) is 4.42. The van der Waals surface area contributed by atoms with Crippen LogP contribution < -0.4 is 5.84 Å². The summed E-state index contributed by atoms with van der Waals surface area (Å²) >= 11 is 0. The van der Waals surface area contributed by atoms with E-state index >= 15 is 0 Å². The molecule has 4 heteroatoms. The summed E-state index contributed by atoms with van der Waals surface area (Å²) in [6, 6.07) is 0. The first-order valence-corrected chi connectivity index (χ1v) is 4.40. The summed E-state index contributed by atoms with van der Waals surface area (Å²) in [6.45, 7) is 3.80. The number of hydrogen-bond acceptors (Lipinski definition) is 4. The molecule has 1 fully saturated rings. The van der Waals surface area contributed by atoms with Crippen LogP contribution in [-0.4, -0.2) is 30.7 Å². The molecule has 4 nitrogen and oxygen atoms in total. The zero-order chi connectivity index (χ0) is 8.97. The average molecular weight is 172 g/mol. The van der Waals surface area contributed by atoms with Crippen molar-refractivity contribution in [3.63, 3.8) is 0 Å². The maximum atomic E-state index is 11.2. The number of carbonyl (C=O) groups is 1. The lowest BCUT2D eigenvalue weighted by Gasteiger charge is -2.27. The minimum Gasteiger partial charge on any atom is -0.466 e. The van der Waals surface area contributed by atoms with Crippen molar-refractivity contribution in [3.05, 3.63) is 0 Å². The molecule has 0 saturated carbocycles. The molecule has 12 heavy (non-hydrogen) atoms. The third kappa shape index (κ3) is 2.46. The normalized spacial score (nSPS) is 25.3. The first kappa shape index (κ1) is 9.48. The molecule has 1 aliphatic rings. The first-order chi connectivity index (χ1) is 5.74. The monoisotopic (exact) mass is 172 g/mol. The van der Waals surface area contributed by atoms with Gasteiger partial charge >= 0.3 is 5.97 Å². The molecule has 0 amide bonds. The predicted molar refractivity (Wildman–Crippen MR) is 45.1 cm³/mol. The predicted octanol–water partition coefficient (Wildman–Crippen LogP) is 0.135. The second-order valence-electron chi connectivity index (χ2n) is 3.09. The Morgan fingerprint density at radius 2 is 2.50 bits per heavy atom. The van der Waals surface area contributed by atoms with Gasteiger partial charge in [0.1, 0.15) is 0 Å². The zero-order valence-corrected chi connectivity index (χ0v) is 7.45. The van der Waals surface area contributed by atoms with E-state index in [9.17, 15) is 4.79 Å². The van der Waals surface area contributed by atoms with Crippen molar-refractivity contribution < 1.29 is 9.53 Å². The summed E-state index contributed by atoms with van der Waals surface area (Å²) in [5.74, 6) is 5.47. The van der Waals surface area contributed by atoms with Crippen LogP contribution in [0.5, 0.6) is 0 Å². The Morgan fingerprint density at radius 3 is 3.08 bits per heavy atom. The Hall–Kier alpha value is -0.610. The lowest BCUT2D eigenvalue weighted by Crippen LogP contribution is -2.43. The highest BCUT2D eigenvalue weighted by Gasteiger charge is 2.24. The Balaban J connectivity index is 2.35. The Kier molecular flexibility index (Phi) is 3.49. The van der Waals surface area contributed by atoms with E-state index < -0.39 is 0 Å². The number of esters is 1. The number of nitrogens with zero attached hydrogens (tertiary/aromatic N) is 1.